The van der Waals surface area contributed by atoms with Gasteiger partial charge in [0.1, 0.15) is 29.0 Å². The molecular formula is C31H34F3N4O8S+. The number of alkyl halides is 3. The number of ether oxygens (including phenoxy) is 3. The van der Waals surface area contributed by atoms with Gasteiger partial charge in [-0.3, -0.25) is 14.1 Å². The van der Waals surface area contributed by atoms with Crippen molar-refractivity contribution in [3.05, 3.63) is 71.3 Å². The van der Waals surface area contributed by atoms with Crippen molar-refractivity contribution in [2.75, 3.05) is 44.9 Å². The van der Waals surface area contributed by atoms with E-state index in [2.05, 4.69) is 10.1 Å². The highest BCUT2D eigenvalue weighted by molar-refractivity contribution is 7.93. The summed E-state index contributed by atoms with van der Waals surface area (Å²) < 4.78 is 84.6. The number of fused-ring (bicyclic) bond motifs is 1. The number of benzene rings is 3. The van der Waals surface area contributed by atoms with Crippen LogP contribution in [0.5, 0.6) is 17.2 Å². The fourth-order valence-electron chi connectivity index (χ4n) is 6.93. The lowest BCUT2D eigenvalue weighted by molar-refractivity contribution is -0.953. The number of nitrogens with one attached hydrogen (secondary N) is 1. The first kappa shape index (κ1) is 33.8. The lowest BCUT2D eigenvalue weighted by Gasteiger charge is -2.48. The van der Waals surface area contributed by atoms with Crippen LogP contribution in [0.3, 0.4) is 0 Å². The van der Waals surface area contributed by atoms with Gasteiger partial charge in [-0.05, 0) is 49.4 Å². The van der Waals surface area contributed by atoms with E-state index in [0.29, 0.717) is 9.87 Å². The second-order valence-corrected chi connectivity index (χ2v) is 13.4. The van der Waals surface area contributed by atoms with Gasteiger partial charge in [-0.2, -0.15) is 4.31 Å². The van der Waals surface area contributed by atoms with Crippen molar-refractivity contribution in [1.82, 2.24) is 5.32 Å². The first-order valence-corrected chi connectivity index (χ1v) is 15.7. The number of amides is 2. The van der Waals surface area contributed by atoms with Gasteiger partial charge in [0.25, 0.3) is 15.9 Å². The minimum atomic E-state index is -5.30. The SMILES string of the molecule is CNC(=O)[C@@H]1C[C@@H](O)C[N+]1(C)C1(c2cc(C)ccc2OC)C(=O)N(S(=O)(=O)c2ccc(OC)cc2OC(F)(F)F)c2ccc(N)cc21. The molecule has 0 radical (unpaired) electrons. The van der Waals surface area contributed by atoms with Crippen LogP contribution in [-0.2, 0) is 25.2 Å². The van der Waals surface area contributed by atoms with Crippen molar-refractivity contribution in [3.8, 4) is 17.2 Å². The number of nitrogens with two attached hydrogens (primary N) is 1. The Hall–Kier alpha value is -4.54. The summed E-state index contributed by atoms with van der Waals surface area (Å²) in [6.45, 7) is 1.53. The molecule has 4 N–H and O–H groups in total. The molecule has 252 valence electrons. The van der Waals surface area contributed by atoms with Gasteiger partial charge in [0, 0.05) is 25.2 Å². The number of carbonyl (C=O) groups is 2. The minimum Gasteiger partial charge on any atom is -0.497 e. The summed E-state index contributed by atoms with van der Waals surface area (Å²) in [6.07, 6.45) is -6.50. The quantitative estimate of drug-likeness (QED) is 0.241. The number of aryl methyl sites for hydroxylation is 1. The first-order valence-electron chi connectivity index (χ1n) is 14.3. The third kappa shape index (κ3) is 5.20. The molecule has 0 saturated carbocycles. The van der Waals surface area contributed by atoms with E-state index in [1.165, 1.54) is 39.5 Å². The molecule has 1 fully saturated rings. The van der Waals surface area contributed by atoms with Crippen LogP contribution in [0.25, 0.3) is 0 Å². The van der Waals surface area contributed by atoms with E-state index in [0.717, 1.165) is 18.2 Å². The van der Waals surface area contributed by atoms with Crippen LogP contribution in [-0.4, -0.2) is 83.2 Å². The number of quaternary nitrogens is 1. The third-order valence-corrected chi connectivity index (χ3v) is 10.6. The summed E-state index contributed by atoms with van der Waals surface area (Å²) in [4.78, 5) is 27.9. The number of aliphatic hydroxyl groups excluding tert-OH is 1. The minimum absolute atomic E-state index is 0.0345. The van der Waals surface area contributed by atoms with Crippen LogP contribution < -0.4 is 29.6 Å². The predicted molar refractivity (Wildman–Crippen MR) is 163 cm³/mol. The zero-order chi connectivity index (χ0) is 34.7. The first-order chi connectivity index (χ1) is 22.0. The molecule has 2 unspecified atom stereocenters. The highest BCUT2D eigenvalue weighted by Gasteiger charge is 2.72. The van der Waals surface area contributed by atoms with E-state index >= 15 is 4.79 Å². The Morgan fingerprint density at radius 2 is 1.77 bits per heavy atom. The lowest BCUT2D eigenvalue weighted by Crippen LogP contribution is -2.69. The zero-order valence-corrected chi connectivity index (χ0v) is 26.9. The highest BCUT2D eigenvalue weighted by atomic mass is 32.2. The van der Waals surface area contributed by atoms with Crippen molar-refractivity contribution in [2.24, 2.45) is 0 Å². The van der Waals surface area contributed by atoms with Crippen LogP contribution in [0.2, 0.25) is 0 Å². The molecule has 2 amide bonds. The van der Waals surface area contributed by atoms with Gasteiger partial charge in [0.15, 0.2) is 11.8 Å². The number of likely N-dealkylation sites (N-methyl/N-ethyl adjacent to an activating group) is 2. The smallest absolute Gasteiger partial charge is 0.497 e. The Balaban J connectivity index is 1.91. The Labute approximate surface area is 269 Å². The van der Waals surface area contributed by atoms with E-state index < -0.39 is 61.0 Å². The standard InChI is InChI=1S/C31H33F3N4O8S/c1-17-6-10-25(45-5)22(12-17)30(38(3)16-19(39)14-24(38)28(40)36-2)21-13-18(35)7-9-23(21)37(29(30)41)47(42,43)27-11-8-20(44-4)15-26(27)46-31(32,33)34/h6-13,15,19,24,39H,14,16,35H2,1-5H3/p+1/t19-,24+,30?,38?/m1/s1. The predicted octanol–water partition coefficient (Wildman–Crippen LogP) is 2.80. The maximum absolute atomic E-state index is 15.4. The van der Waals surface area contributed by atoms with Crippen molar-refractivity contribution >= 4 is 33.2 Å². The highest BCUT2D eigenvalue weighted by Crippen LogP contribution is 2.58. The molecule has 2 aliphatic rings. The number of nitrogen functional groups attached to an aromatic ring is 1. The summed E-state index contributed by atoms with van der Waals surface area (Å²) in [5.74, 6) is -2.79. The molecule has 0 bridgehead atoms. The molecule has 0 aliphatic carbocycles. The van der Waals surface area contributed by atoms with Gasteiger partial charge >= 0.3 is 12.3 Å². The van der Waals surface area contributed by atoms with E-state index in [-0.39, 0.29) is 47.0 Å². The van der Waals surface area contributed by atoms with Gasteiger partial charge in [0.2, 0.25) is 5.54 Å². The number of sulfonamides is 1. The number of carbonyl (C=O) groups excluding carboxylic acids is 2. The van der Waals surface area contributed by atoms with E-state index in [4.69, 9.17) is 15.2 Å². The van der Waals surface area contributed by atoms with Crippen molar-refractivity contribution in [2.45, 2.75) is 42.3 Å². The molecule has 0 spiro atoms. The van der Waals surface area contributed by atoms with Crippen LogP contribution in [0, 0.1) is 6.92 Å². The number of aliphatic hydroxyl groups is 1. The average molecular weight is 680 g/mol. The summed E-state index contributed by atoms with van der Waals surface area (Å²) in [6, 6.07) is 10.5. The Kier molecular flexibility index (Phi) is 8.35. The fraction of sp³-hybridized carbons (Fsp3) is 0.355. The Morgan fingerprint density at radius 3 is 2.38 bits per heavy atom. The monoisotopic (exact) mass is 679 g/mol. The Morgan fingerprint density at radius 1 is 1.06 bits per heavy atom. The zero-order valence-electron chi connectivity index (χ0n) is 26.1. The van der Waals surface area contributed by atoms with Crippen LogP contribution in [0.4, 0.5) is 24.5 Å². The largest absolute Gasteiger partial charge is 0.573 e. The van der Waals surface area contributed by atoms with Crippen LogP contribution in [0.1, 0.15) is 23.1 Å². The van der Waals surface area contributed by atoms with E-state index in [9.17, 15) is 31.5 Å². The molecule has 2 aliphatic heterocycles. The maximum Gasteiger partial charge on any atom is 0.573 e. The van der Waals surface area contributed by atoms with Crippen LogP contribution in [0.15, 0.2) is 59.5 Å². The number of nitrogens with zero attached hydrogens (tertiary/aromatic N) is 2. The molecular weight excluding hydrogens is 645 g/mol. The van der Waals surface area contributed by atoms with Gasteiger partial charge in [-0.15, -0.1) is 13.2 Å². The third-order valence-electron chi connectivity index (χ3n) is 8.85. The van der Waals surface area contributed by atoms with Gasteiger partial charge in [0.05, 0.1) is 38.1 Å². The second-order valence-electron chi connectivity index (χ2n) is 11.6. The fourth-order valence-corrected chi connectivity index (χ4v) is 8.49. The molecule has 16 heteroatoms. The molecule has 4 atom stereocenters. The number of anilines is 2. The molecule has 2 heterocycles. The number of methoxy groups -OCH3 is 2. The van der Waals surface area contributed by atoms with Crippen molar-refractivity contribution in [3.63, 3.8) is 0 Å². The summed E-state index contributed by atoms with van der Waals surface area (Å²) in [5.41, 5.74) is 4.84. The maximum atomic E-state index is 15.4. The number of hydrogen-bond donors (Lipinski definition) is 3. The summed E-state index contributed by atoms with van der Waals surface area (Å²) in [7, 11) is 0.245. The number of rotatable bonds is 8. The number of likely N-dealkylation sites (tertiary alicyclic amines) is 1. The van der Waals surface area contributed by atoms with Gasteiger partial charge in [-0.1, -0.05) is 11.6 Å². The normalized spacial score (nSPS) is 24.2. The van der Waals surface area contributed by atoms with Crippen molar-refractivity contribution < 1.29 is 55.0 Å². The van der Waals surface area contributed by atoms with Gasteiger partial charge in [-0.25, -0.2) is 8.42 Å². The Bertz CT molecular complexity index is 1870. The van der Waals surface area contributed by atoms with Crippen molar-refractivity contribution in [1.29, 1.82) is 0 Å². The van der Waals surface area contributed by atoms with Gasteiger partial charge < -0.3 is 30.4 Å². The average Bonchev–Trinajstić information content (AvgIpc) is 3.46. The molecule has 47 heavy (non-hydrogen) atoms. The lowest BCUT2D eigenvalue weighted by atomic mass is 9.78. The topological polar surface area (TPSA) is 157 Å². The number of halogens is 3. The van der Waals surface area contributed by atoms with Crippen LogP contribution >= 0.6 is 0 Å². The molecule has 3 aromatic rings. The number of hydrogen-bond acceptors (Lipinski definition) is 9. The van der Waals surface area contributed by atoms with E-state index in [1.54, 1.807) is 32.2 Å². The van der Waals surface area contributed by atoms with E-state index in [1.807, 2.05) is 0 Å². The molecule has 12 nitrogen and oxygen atoms in total. The summed E-state index contributed by atoms with van der Waals surface area (Å²) >= 11 is 0. The molecule has 0 aromatic heterocycles. The summed E-state index contributed by atoms with van der Waals surface area (Å²) in [5, 5.41) is 13.6. The molecule has 1 saturated heterocycles. The molecule has 5 rings (SSSR count). The molecule has 3 aromatic carbocycles. The second kappa shape index (κ2) is 11.6.